The quantitative estimate of drug-likeness (QED) is 0.433. The van der Waals surface area contributed by atoms with Crippen LogP contribution >= 0.6 is 8.19 Å². The van der Waals surface area contributed by atoms with Crippen LogP contribution in [0.3, 0.4) is 0 Å². The van der Waals surface area contributed by atoms with Crippen molar-refractivity contribution in [2.75, 3.05) is 0 Å². The minimum atomic E-state index is 0. The molecule has 0 atom stereocenters. The van der Waals surface area contributed by atoms with Gasteiger partial charge in [0.15, 0.2) is 0 Å². The van der Waals surface area contributed by atoms with E-state index in [9.17, 15) is 0 Å². The van der Waals surface area contributed by atoms with Gasteiger partial charge in [-0.1, -0.05) is 13.8 Å². The molecular weight excluding hydrogens is 265 g/mol. The van der Waals surface area contributed by atoms with Gasteiger partial charge in [-0.05, 0) is 0 Å². The molecule has 0 N–H and O–H groups in total. The molecule has 0 bridgehead atoms. The second kappa shape index (κ2) is 8.34. The molecular formula is C6H8Cl2PZr. The minimum absolute atomic E-state index is 0. The average molecular weight is 273 g/mol. The average Bonchev–Trinajstić information content (AvgIpc) is 1.91. The van der Waals surface area contributed by atoms with Gasteiger partial charge in [-0.15, -0.1) is 5.30 Å². The van der Waals surface area contributed by atoms with Crippen molar-refractivity contribution in [3.8, 4) is 0 Å². The van der Waals surface area contributed by atoms with Crippen LogP contribution in [0.25, 0.3) is 0 Å². The first-order valence-electron chi connectivity index (χ1n) is 2.35. The normalized spacial score (nSPS) is 7.40. The fourth-order valence-corrected chi connectivity index (χ4v) is 1.28. The summed E-state index contributed by atoms with van der Waals surface area (Å²) in [5.41, 5.74) is 1.43. The van der Waals surface area contributed by atoms with Crippen molar-refractivity contribution in [1.82, 2.24) is 0 Å². The Morgan fingerprint density at radius 1 is 1.40 bits per heavy atom. The summed E-state index contributed by atoms with van der Waals surface area (Å²) in [6.07, 6.45) is 0. The molecule has 0 fully saturated rings. The monoisotopic (exact) mass is 271 g/mol. The van der Waals surface area contributed by atoms with Gasteiger partial charge in [-0.25, -0.2) is 14.3 Å². The van der Waals surface area contributed by atoms with Crippen LogP contribution in [-0.4, -0.2) is 0 Å². The standard InChI is InChI=1S/C6H8P.2ClH.Zr/c1-5-3-4-7-6(5)2;;;/h3-4H,1-2H3;2*1H;/q-1;;;+3/p-2. The third kappa shape index (κ3) is 4.97. The molecule has 1 heterocycles. The van der Waals surface area contributed by atoms with Crippen molar-refractivity contribution in [2.24, 2.45) is 0 Å². The molecule has 1 aromatic heterocycles. The number of hydrogen-bond acceptors (Lipinski definition) is 0. The van der Waals surface area contributed by atoms with E-state index in [4.69, 9.17) is 0 Å². The van der Waals surface area contributed by atoms with Gasteiger partial charge < -0.3 is 24.8 Å². The predicted molar refractivity (Wildman–Crippen MR) is 34.0 cm³/mol. The van der Waals surface area contributed by atoms with Crippen molar-refractivity contribution in [1.29, 1.82) is 0 Å². The fraction of sp³-hybridized carbons (Fsp3) is 0.333. The number of aryl methyl sites for hydroxylation is 2. The van der Waals surface area contributed by atoms with Crippen LogP contribution in [0.2, 0.25) is 0 Å². The number of rotatable bonds is 0. The maximum Gasteiger partial charge on any atom is 3.00 e. The zero-order valence-electron chi connectivity index (χ0n) is 5.86. The maximum atomic E-state index is 2.17. The zero-order valence-corrected chi connectivity index (χ0v) is 10.7. The smallest absolute Gasteiger partial charge is 1.00 e. The second-order valence-electron chi connectivity index (χ2n) is 1.71. The van der Waals surface area contributed by atoms with E-state index in [2.05, 4.69) is 25.7 Å². The van der Waals surface area contributed by atoms with Crippen molar-refractivity contribution in [2.45, 2.75) is 13.8 Å². The first kappa shape index (κ1) is 17.4. The third-order valence-corrected chi connectivity index (χ3v) is 2.20. The largest absolute Gasteiger partial charge is 3.00 e. The van der Waals surface area contributed by atoms with Crippen LogP contribution in [0.5, 0.6) is 0 Å². The summed E-state index contributed by atoms with van der Waals surface area (Å²) in [6.45, 7) is 4.31. The van der Waals surface area contributed by atoms with Gasteiger partial charge in [-0.3, -0.25) is 0 Å². The Bertz CT molecular complexity index is 148. The summed E-state index contributed by atoms with van der Waals surface area (Å²) < 4.78 is 0. The second-order valence-corrected chi connectivity index (χ2v) is 2.94. The van der Waals surface area contributed by atoms with Crippen molar-refractivity contribution < 1.29 is 51.0 Å². The van der Waals surface area contributed by atoms with Crippen LogP contribution in [0.4, 0.5) is 0 Å². The minimum Gasteiger partial charge on any atom is -1.00 e. The molecule has 1 radical (unpaired) electrons. The summed E-state index contributed by atoms with van der Waals surface area (Å²) in [7, 11) is 1.38. The summed E-state index contributed by atoms with van der Waals surface area (Å²) >= 11 is 0. The molecule has 0 spiro atoms. The van der Waals surface area contributed by atoms with Crippen molar-refractivity contribution >= 4 is 8.19 Å². The molecule has 0 saturated heterocycles. The van der Waals surface area contributed by atoms with E-state index in [1.165, 1.54) is 19.1 Å². The van der Waals surface area contributed by atoms with E-state index in [0.29, 0.717) is 0 Å². The summed E-state index contributed by atoms with van der Waals surface area (Å²) in [5.74, 6) is 2.17. The topological polar surface area (TPSA) is 0 Å². The number of hydrogen-bond donors (Lipinski definition) is 0. The number of halogens is 2. The van der Waals surface area contributed by atoms with Gasteiger partial charge in [0.1, 0.15) is 0 Å². The van der Waals surface area contributed by atoms with E-state index in [1.807, 2.05) is 0 Å². The molecule has 0 unspecified atom stereocenters. The molecule has 0 aliphatic carbocycles. The van der Waals surface area contributed by atoms with E-state index in [1.54, 1.807) is 0 Å². The van der Waals surface area contributed by atoms with Crippen LogP contribution < -0.4 is 24.8 Å². The summed E-state index contributed by atoms with van der Waals surface area (Å²) in [4.78, 5) is 0. The van der Waals surface area contributed by atoms with E-state index < -0.39 is 0 Å². The van der Waals surface area contributed by atoms with Gasteiger partial charge in [0.25, 0.3) is 0 Å². The Balaban J connectivity index is -0.000000163. The maximum absolute atomic E-state index is 2.17. The molecule has 10 heavy (non-hydrogen) atoms. The molecule has 0 saturated carbocycles. The molecule has 0 nitrogen and oxygen atoms in total. The third-order valence-electron chi connectivity index (χ3n) is 1.16. The van der Waals surface area contributed by atoms with Crippen molar-refractivity contribution in [3.05, 3.63) is 22.7 Å². The first-order valence-corrected chi connectivity index (χ1v) is 3.32. The van der Waals surface area contributed by atoms with Gasteiger partial charge in [0.2, 0.25) is 0 Å². The van der Waals surface area contributed by atoms with Crippen LogP contribution in [0.1, 0.15) is 10.9 Å². The van der Waals surface area contributed by atoms with Crippen molar-refractivity contribution in [3.63, 3.8) is 0 Å². The van der Waals surface area contributed by atoms with Crippen LogP contribution in [0, 0.1) is 13.8 Å². The molecule has 0 aliphatic heterocycles. The molecule has 0 aliphatic rings. The Morgan fingerprint density at radius 2 is 1.90 bits per heavy atom. The molecule has 1 rings (SSSR count). The Morgan fingerprint density at radius 3 is 2.00 bits per heavy atom. The van der Waals surface area contributed by atoms with E-state index in [-0.39, 0.29) is 51.0 Å². The van der Waals surface area contributed by atoms with Crippen LogP contribution in [-0.2, 0) is 26.2 Å². The van der Waals surface area contributed by atoms with Gasteiger partial charge >= 0.3 is 26.2 Å². The van der Waals surface area contributed by atoms with Gasteiger partial charge in [0, 0.05) is 0 Å². The predicted octanol–water partition coefficient (Wildman–Crippen LogP) is -3.39. The Kier molecular flexibility index (Phi) is 14.5. The summed E-state index contributed by atoms with van der Waals surface area (Å²) in [6, 6.07) is 2.16. The molecule has 4 heteroatoms. The van der Waals surface area contributed by atoms with Crippen LogP contribution in [0.15, 0.2) is 11.9 Å². The fourth-order valence-electron chi connectivity index (χ4n) is 0.483. The molecule has 1 aromatic rings. The van der Waals surface area contributed by atoms with Gasteiger partial charge in [0.05, 0.1) is 0 Å². The van der Waals surface area contributed by atoms with E-state index >= 15 is 0 Å². The molecule has 55 valence electrons. The first-order chi connectivity index (χ1) is 3.30. The Labute approximate surface area is 95.2 Å². The SMILES string of the molecule is Cc1ccp[c-]1C.[Cl-].[Cl-].[Zr+3]. The molecule has 0 amide bonds. The summed E-state index contributed by atoms with van der Waals surface area (Å²) in [5, 5.41) is 1.49. The Hall–Kier alpha value is 1.24. The molecule has 0 aromatic carbocycles. The van der Waals surface area contributed by atoms with Gasteiger partial charge in [-0.2, -0.15) is 11.4 Å². The zero-order chi connectivity index (χ0) is 5.28. The van der Waals surface area contributed by atoms with E-state index in [0.717, 1.165) is 0 Å².